The maximum atomic E-state index is 13.6. The molecular weight excluding hydrogens is 559 g/mol. The molecule has 2 aliphatic rings. The van der Waals surface area contributed by atoms with E-state index in [0.29, 0.717) is 57.9 Å². The zero-order valence-electron chi connectivity index (χ0n) is 21.5. The Balaban J connectivity index is 1.33. The summed E-state index contributed by atoms with van der Waals surface area (Å²) < 4.78 is 37.1. The third-order valence-corrected chi connectivity index (χ3v) is 8.95. The molecule has 0 aliphatic carbocycles. The highest BCUT2D eigenvalue weighted by Crippen LogP contribution is 2.55. The van der Waals surface area contributed by atoms with Gasteiger partial charge in [0, 0.05) is 28.8 Å². The van der Waals surface area contributed by atoms with Crippen LogP contribution in [-0.4, -0.2) is 36.1 Å². The lowest BCUT2D eigenvalue weighted by atomic mass is 10.1. The third kappa shape index (κ3) is 7.04. The van der Waals surface area contributed by atoms with Crippen molar-refractivity contribution in [2.75, 3.05) is 18.9 Å². The first kappa shape index (κ1) is 27.7. The van der Waals surface area contributed by atoms with Crippen molar-refractivity contribution in [2.24, 2.45) is 4.99 Å². The van der Waals surface area contributed by atoms with Crippen LogP contribution < -0.4 is 20.1 Å². The van der Waals surface area contributed by atoms with Gasteiger partial charge in [-0.05, 0) is 67.9 Å². The van der Waals surface area contributed by atoms with Gasteiger partial charge in [0.2, 0.25) is 0 Å². The molecule has 2 atom stereocenters. The van der Waals surface area contributed by atoms with E-state index >= 15 is 0 Å². The number of ether oxygens (including phenoxy) is 2. The first-order chi connectivity index (χ1) is 18.8. The quantitative estimate of drug-likeness (QED) is 0.306. The van der Waals surface area contributed by atoms with Gasteiger partial charge >= 0.3 is 7.60 Å². The van der Waals surface area contributed by atoms with Gasteiger partial charge < -0.3 is 19.3 Å². The van der Waals surface area contributed by atoms with Crippen molar-refractivity contribution < 1.29 is 27.9 Å². The second-order valence-electron chi connectivity index (χ2n) is 9.21. The summed E-state index contributed by atoms with van der Waals surface area (Å²) in [6.45, 7) is 4.80. The first-order valence-electron chi connectivity index (χ1n) is 12.5. The molecule has 0 aromatic heterocycles. The van der Waals surface area contributed by atoms with Gasteiger partial charge in [-0.2, -0.15) is 0 Å². The molecule has 2 heterocycles. The topological polar surface area (TPSA) is 95.5 Å². The third-order valence-electron chi connectivity index (χ3n) is 5.84. The van der Waals surface area contributed by atoms with Gasteiger partial charge in [-0.1, -0.05) is 35.5 Å². The molecule has 0 spiro atoms. The molecule has 39 heavy (non-hydrogen) atoms. The molecule has 11 heteroatoms. The Hall–Kier alpha value is -2.81. The van der Waals surface area contributed by atoms with Crippen molar-refractivity contribution in [1.82, 2.24) is 5.32 Å². The largest absolute Gasteiger partial charge is 0.491 e. The van der Waals surface area contributed by atoms with Crippen molar-refractivity contribution in [3.63, 3.8) is 0 Å². The van der Waals surface area contributed by atoms with E-state index in [-0.39, 0.29) is 18.1 Å². The maximum absolute atomic E-state index is 13.6. The number of carbonyl (C=O) groups is 1. The average molecular weight is 587 g/mol. The standard InChI is InChI=1S/C28H28ClN2O6PS/c1-18(2)35-23-15-20(27(32)31-28-30-11-13-39-28)16-24(17-23)36-22-6-8-25(9-7-22)38(33)34-12-10-26(37-38)19-4-3-5-21(29)14-19/h3-9,14-18,26H,10-13H2,1-2H3,(H,30,31,32). The van der Waals surface area contributed by atoms with Gasteiger partial charge in [0.25, 0.3) is 5.91 Å². The number of nitrogens with one attached hydrogen (secondary N) is 1. The van der Waals surface area contributed by atoms with Gasteiger partial charge in [-0.15, -0.1) is 0 Å². The van der Waals surface area contributed by atoms with Crippen LogP contribution in [-0.2, 0) is 13.6 Å². The zero-order valence-corrected chi connectivity index (χ0v) is 23.9. The van der Waals surface area contributed by atoms with Crippen LogP contribution in [0.2, 0.25) is 5.02 Å². The molecule has 0 radical (unpaired) electrons. The van der Waals surface area contributed by atoms with E-state index in [1.54, 1.807) is 48.5 Å². The predicted molar refractivity (Wildman–Crippen MR) is 154 cm³/mol. The number of rotatable bonds is 7. The number of hydrogen-bond acceptors (Lipinski definition) is 8. The number of benzene rings is 3. The highest BCUT2D eigenvalue weighted by atomic mass is 35.5. The number of halogens is 1. The van der Waals surface area contributed by atoms with Crippen LogP contribution in [0, 0.1) is 0 Å². The first-order valence-corrected chi connectivity index (χ1v) is 15.5. The van der Waals surface area contributed by atoms with E-state index in [0.717, 1.165) is 11.3 Å². The Kier molecular flexibility index (Phi) is 8.64. The summed E-state index contributed by atoms with van der Waals surface area (Å²) in [5, 5.41) is 4.45. The highest BCUT2D eigenvalue weighted by Gasteiger charge is 2.36. The Morgan fingerprint density at radius 3 is 2.62 bits per heavy atom. The molecule has 1 amide bonds. The lowest BCUT2D eigenvalue weighted by molar-refractivity contribution is 0.0875. The van der Waals surface area contributed by atoms with Crippen LogP contribution >= 0.6 is 31.0 Å². The lowest BCUT2D eigenvalue weighted by Gasteiger charge is -2.30. The molecule has 1 saturated heterocycles. The fourth-order valence-electron chi connectivity index (χ4n) is 4.12. The van der Waals surface area contributed by atoms with E-state index < -0.39 is 7.60 Å². The molecule has 1 fully saturated rings. The number of thioether (sulfide) groups is 1. The van der Waals surface area contributed by atoms with Crippen molar-refractivity contribution in [3.8, 4) is 17.2 Å². The van der Waals surface area contributed by atoms with Crippen LogP contribution in [0.4, 0.5) is 0 Å². The fraction of sp³-hybridized carbons (Fsp3) is 0.286. The van der Waals surface area contributed by atoms with Crippen molar-refractivity contribution in [3.05, 3.63) is 82.9 Å². The van der Waals surface area contributed by atoms with Crippen molar-refractivity contribution in [2.45, 2.75) is 32.5 Å². The molecule has 204 valence electrons. The van der Waals surface area contributed by atoms with Crippen LogP contribution in [0.15, 0.2) is 71.7 Å². The second kappa shape index (κ2) is 12.1. The molecular formula is C28H28ClN2O6PS. The normalized spacial score (nSPS) is 20.9. The molecule has 2 unspecified atom stereocenters. The molecule has 3 aromatic rings. The average Bonchev–Trinajstić information content (AvgIpc) is 3.42. The Morgan fingerprint density at radius 1 is 1.10 bits per heavy atom. The minimum absolute atomic E-state index is 0.0892. The summed E-state index contributed by atoms with van der Waals surface area (Å²) in [7, 11) is -3.55. The summed E-state index contributed by atoms with van der Waals surface area (Å²) in [5.74, 6) is 1.96. The fourth-order valence-corrected chi connectivity index (χ4v) is 6.79. The van der Waals surface area contributed by atoms with Crippen molar-refractivity contribution >= 4 is 47.3 Å². The summed E-state index contributed by atoms with van der Waals surface area (Å²) in [5.41, 5.74) is 1.24. The smallest absolute Gasteiger partial charge is 0.361 e. The van der Waals surface area contributed by atoms with Gasteiger partial charge in [-0.25, -0.2) is 0 Å². The monoisotopic (exact) mass is 586 g/mol. The van der Waals surface area contributed by atoms with Crippen LogP contribution in [0.5, 0.6) is 17.2 Å². The summed E-state index contributed by atoms with van der Waals surface area (Å²) in [6.07, 6.45) is 0.0946. The molecule has 0 saturated carbocycles. The summed E-state index contributed by atoms with van der Waals surface area (Å²) in [6, 6.07) is 19.1. The predicted octanol–water partition coefficient (Wildman–Crippen LogP) is 6.75. The molecule has 2 aliphatic heterocycles. The maximum Gasteiger partial charge on any atom is 0.361 e. The lowest BCUT2D eigenvalue weighted by Crippen LogP contribution is -2.27. The molecule has 5 rings (SSSR count). The van der Waals surface area contributed by atoms with Gasteiger partial charge in [-0.3, -0.25) is 18.9 Å². The number of amides is 1. The number of hydrogen-bond donors (Lipinski definition) is 1. The minimum Gasteiger partial charge on any atom is -0.491 e. The van der Waals surface area contributed by atoms with Crippen LogP contribution in [0.3, 0.4) is 0 Å². The van der Waals surface area contributed by atoms with E-state index in [9.17, 15) is 9.36 Å². The molecule has 1 N–H and O–H groups in total. The number of carbonyl (C=O) groups excluding carboxylic acids is 1. The highest BCUT2D eigenvalue weighted by molar-refractivity contribution is 8.14. The Bertz CT molecular complexity index is 1430. The number of aliphatic imine (C=N–C) groups is 1. The van der Waals surface area contributed by atoms with E-state index in [4.69, 9.17) is 30.1 Å². The van der Waals surface area contributed by atoms with E-state index in [1.165, 1.54) is 11.8 Å². The van der Waals surface area contributed by atoms with Gasteiger partial charge in [0.1, 0.15) is 17.2 Å². The van der Waals surface area contributed by atoms with Crippen molar-refractivity contribution in [1.29, 1.82) is 0 Å². The van der Waals surface area contributed by atoms with Gasteiger partial charge in [0.05, 0.1) is 30.7 Å². The molecule has 0 bridgehead atoms. The second-order valence-corrected chi connectivity index (χ2v) is 12.7. The van der Waals surface area contributed by atoms with Crippen LogP contribution in [0.25, 0.3) is 0 Å². The number of amidine groups is 1. The molecule has 3 aromatic carbocycles. The zero-order chi connectivity index (χ0) is 27.4. The Morgan fingerprint density at radius 2 is 1.90 bits per heavy atom. The summed E-state index contributed by atoms with van der Waals surface area (Å²) >= 11 is 7.63. The van der Waals surface area contributed by atoms with Gasteiger partial charge in [0.15, 0.2) is 5.17 Å². The van der Waals surface area contributed by atoms with E-state index in [2.05, 4.69) is 10.3 Å². The van der Waals surface area contributed by atoms with E-state index in [1.807, 2.05) is 32.0 Å². The van der Waals surface area contributed by atoms with Crippen LogP contribution in [0.1, 0.15) is 42.3 Å². The SMILES string of the molecule is CC(C)Oc1cc(Oc2ccc(P3(=O)OCCC(c4cccc(Cl)c4)O3)cc2)cc(C(=O)NC2=NCCS2)c1. The minimum atomic E-state index is -3.55. The Labute approximate surface area is 236 Å². The molecule has 8 nitrogen and oxygen atoms in total. The summed E-state index contributed by atoms with van der Waals surface area (Å²) in [4.78, 5) is 17.1. The number of nitrogens with zero attached hydrogens (tertiary/aromatic N) is 1.